The Morgan fingerprint density at radius 3 is 1.81 bits per heavy atom. The highest BCUT2D eigenvalue weighted by molar-refractivity contribution is 5.30. The van der Waals surface area contributed by atoms with Gasteiger partial charge >= 0.3 is 0 Å². The Morgan fingerprint density at radius 1 is 1.06 bits per heavy atom. The average Bonchev–Trinajstić information content (AvgIpc) is 2.40. The van der Waals surface area contributed by atoms with Crippen LogP contribution in [0.4, 0.5) is 0 Å². The van der Waals surface area contributed by atoms with Crippen LogP contribution in [0.1, 0.15) is 59.7 Å². The third-order valence-corrected chi connectivity index (χ3v) is 2.77. The topological polar surface area (TPSA) is 37.8 Å². The van der Waals surface area contributed by atoms with Crippen molar-refractivity contribution in [3.63, 3.8) is 0 Å². The van der Waals surface area contributed by atoms with Gasteiger partial charge in [-0.1, -0.05) is 41.5 Å². The molecule has 0 spiro atoms. The first-order valence-corrected chi connectivity index (χ1v) is 5.92. The van der Waals surface area contributed by atoms with Gasteiger partial charge in [0, 0.05) is 23.2 Å². The molecule has 0 saturated carbocycles. The van der Waals surface area contributed by atoms with E-state index >= 15 is 0 Å². The number of aryl methyl sites for hydroxylation is 1. The van der Waals surface area contributed by atoms with Crippen molar-refractivity contribution in [3.05, 3.63) is 21.6 Å². The van der Waals surface area contributed by atoms with Crippen LogP contribution in [-0.2, 0) is 17.4 Å². The molecule has 0 aliphatic rings. The van der Waals surface area contributed by atoms with E-state index in [9.17, 15) is 4.79 Å². The minimum absolute atomic E-state index is 0.0256. The van der Waals surface area contributed by atoms with E-state index in [0.29, 0.717) is 6.54 Å². The highest BCUT2D eigenvalue weighted by Gasteiger charge is 2.30. The molecule has 0 radical (unpaired) electrons. The summed E-state index contributed by atoms with van der Waals surface area (Å²) < 4.78 is 1.70. The monoisotopic (exact) mass is 224 g/mol. The Morgan fingerprint density at radius 2 is 1.56 bits per heavy atom. The molecule has 0 aromatic carbocycles. The van der Waals surface area contributed by atoms with Gasteiger partial charge in [-0.15, -0.1) is 0 Å². The van der Waals surface area contributed by atoms with Crippen molar-refractivity contribution in [2.75, 3.05) is 0 Å². The molecule has 1 aromatic rings. The summed E-state index contributed by atoms with van der Waals surface area (Å²) in [4.78, 5) is 12.2. The molecule has 1 aromatic heterocycles. The predicted molar refractivity (Wildman–Crippen MR) is 68.1 cm³/mol. The largest absolute Gasteiger partial charge is 0.299 e. The average molecular weight is 224 g/mol. The van der Waals surface area contributed by atoms with Gasteiger partial charge in [-0.2, -0.15) is 0 Å². The molecule has 0 unspecified atom stereocenters. The zero-order valence-corrected chi connectivity index (χ0v) is 11.6. The lowest BCUT2D eigenvalue weighted by Gasteiger charge is -2.24. The van der Waals surface area contributed by atoms with Crippen molar-refractivity contribution in [3.8, 4) is 0 Å². The number of H-pyrrole nitrogens is 1. The van der Waals surface area contributed by atoms with Gasteiger partial charge in [0.25, 0.3) is 5.56 Å². The minimum Gasteiger partial charge on any atom is -0.299 e. The van der Waals surface area contributed by atoms with E-state index in [0.717, 1.165) is 11.3 Å². The summed E-state index contributed by atoms with van der Waals surface area (Å²) in [6, 6.07) is 0. The van der Waals surface area contributed by atoms with Crippen molar-refractivity contribution in [1.29, 1.82) is 0 Å². The minimum atomic E-state index is -0.114. The second kappa shape index (κ2) is 3.79. The van der Waals surface area contributed by atoms with Gasteiger partial charge in [0.1, 0.15) is 0 Å². The first-order valence-electron chi connectivity index (χ1n) is 5.92. The summed E-state index contributed by atoms with van der Waals surface area (Å²) in [5.41, 5.74) is 1.97. The van der Waals surface area contributed by atoms with E-state index in [-0.39, 0.29) is 16.4 Å². The number of aromatic amines is 1. The molecule has 1 N–H and O–H groups in total. The predicted octanol–water partition coefficient (Wildman–Crippen LogP) is 2.79. The van der Waals surface area contributed by atoms with Gasteiger partial charge in [0.05, 0.1) is 0 Å². The zero-order chi connectivity index (χ0) is 12.7. The van der Waals surface area contributed by atoms with E-state index in [1.54, 1.807) is 4.68 Å². The highest BCUT2D eigenvalue weighted by atomic mass is 16.1. The molecular formula is C13H24N2O. The molecular weight excluding hydrogens is 200 g/mol. The van der Waals surface area contributed by atoms with Crippen LogP contribution in [0.25, 0.3) is 0 Å². The maximum Gasteiger partial charge on any atom is 0.270 e. The number of aromatic nitrogens is 2. The summed E-state index contributed by atoms with van der Waals surface area (Å²) in [6.45, 7) is 15.3. The van der Waals surface area contributed by atoms with Crippen LogP contribution in [0.3, 0.4) is 0 Å². The van der Waals surface area contributed by atoms with Gasteiger partial charge in [-0.3, -0.25) is 14.6 Å². The molecule has 3 nitrogen and oxygen atoms in total. The number of hydrogen-bond donors (Lipinski definition) is 1. The fourth-order valence-electron chi connectivity index (χ4n) is 1.94. The summed E-state index contributed by atoms with van der Waals surface area (Å²) in [5, 5.41) is 3.25. The Kier molecular flexibility index (Phi) is 3.10. The standard InChI is InChI=1S/C13H24N2O/c1-8-15-11(16)9(12(2,3)4)10(14-15)13(5,6)7/h14H,8H2,1-7H3. The lowest BCUT2D eigenvalue weighted by Crippen LogP contribution is -2.28. The SMILES string of the molecule is CCn1[nH]c(C(C)(C)C)c(C(C)(C)C)c1=O. The van der Waals surface area contributed by atoms with Crippen LogP contribution >= 0.6 is 0 Å². The van der Waals surface area contributed by atoms with Crippen molar-refractivity contribution in [1.82, 2.24) is 9.78 Å². The van der Waals surface area contributed by atoms with Crippen LogP contribution in [-0.4, -0.2) is 9.78 Å². The first-order chi connectivity index (χ1) is 7.09. The van der Waals surface area contributed by atoms with Crippen LogP contribution in [0.15, 0.2) is 4.79 Å². The molecule has 3 heteroatoms. The Bertz CT molecular complexity index is 424. The smallest absolute Gasteiger partial charge is 0.270 e. The van der Waals surface area contributed by atoms with Crippen molar-refractivity contribution in [2.24, 2.45) is 0 Å². The Labute approximate surface area is 97.8 Å². The molecule has 16 heavy (non-hydrogen) atoms. The van der Waals surface area contributed by atoms with Crippen LogP contribution in [0, 0.1) is 0 Å². The van der Waals surface area contributed by atoms with Gasteiger partial charge in [-0.25, -0.2) is 0 Å². The van der Waals surface area contributed by atoms with Gasteiger partial charge in [0.2, 0.25) is 0 Å². The van der Waals surface area contributed by atoms with Crippen molar-refractivity contribution < 1.29 is 0 Å². The molecule has 0 saturated heterocycles. The van der Waals surface area contributed by atoms with Crippen molar-refractivity contribution >= 4 is 0 Å². The van der Waals surface area contributed by atoms with E-state index in [2.05, 4.69) is 46.6 Å². The van der Waals surface area contributed by atoms with Crippen LogP contribution in [0.5, 0.6) is 0 Å². The second-order valence-electron chi connectivity index (χ2n) is 6.41. The number of hydrogen-bond acceptors (Lipinski definition) is 1. The summed E-state index contributed by atoms with van der Waals surface area (Å²) >= 11 is 0. The molecule has 0 aliphatic carbocycles. The molecule has 0 amide bonds. The Hall–Kier alpha value is -0.990. The van der Waals surface area contributed by atoms with Crippen molar-refractivity contribution in [2.45, 2.75) is 65.8 Å². The molecule has 92 valence electrons. The van der Waals surface area contributed by atoms with E-state index in [1.807, 2.05) is 6.92 Å². The molecule has 0 atom stereocenters. The van der Waals surface area contributed by atoms with Gasteiger partial charge in [-0.05, 0) is 12.3 Å². The molecule has 1 rings (SSSR count). The normalized spacial score (nSPS) is 13.2. The quantitative estimate of drug-likeness (QED) is 0.782. The zero-order valence-electron chi connectivity index (χ0n) is 11.6. The second-order valence-corrected chi connectivity index (χ2v) is 6.41. The van der Waals surface area contributed by atoms with Gasteiger partial charge < -0.3 is 0 Å². The highest BCUT2D eigenvalue weighted by Crippen LogP contribution is 2.30. The summed E-state index contributed by atoms with van der Waals surface area (Å²) in [5.74, 6) is 0. The molecule has 0 fully saturated rings. The fourth-order valence-corrected chi connectivity index (χ4v) is 1.94. The number of rotatable bonds is 1. The third-order valence-electron chi connectivity index (χ3n) is 2.77. The molecule has 0 aliphatic heterocycles. The Balaban J connectivity index is 3.57. The summed E-state index contributed by atoms with van der Waals surface area (Å²) in [6.07, 6.45) is 0. The molecule has 0 bridgehead atoms. The van der Waals surface area contributed by atoms with Crippen LogP contribution < -0.4 is 5.56 Å². The molecule has 1 heterocycles. The van der Waals surface area contributed by atoms with E-state index < -0.39 is 0 Å². The fraction of sp³-hybridized carbons (Fsp3) is 0.769. The third kappa shape index (κ3) is 2.23. The lowest BCUT2D eigenvalue weighted by atomic mass is 9.80. The van der Waals surface area contributed by atoms with Gasteiger partial charge in [0.15, 0.2) is 0 Å². The lowest BCUT2D eigenvalue weighted by molar-refractivity contribution is 0.513. The maximum absolute atomic E-state index is 12.2. The first kappa shape index (κ1) is 13.1. The number of nitrogens with zero attached hydrogens (tertiary/aromatic N) is 1. The van der Waals surface area contributed by atoms with E-state index in [4.69, 9.17) is 0 Å². The van der Waals surface area contributed by atoms with Crippen LogP contribution in [0.2, 0.25) is 0 Å². The number of nitrogens with one attached hydrogen (secondary N) is 1. The maximum atomic E-state index is 12.2. The summed E-state index contributed by atoms with van der Waals surface area (Å²) in [7, 11) is 0. The van der Waals surface area contributed by atoms with E-state index in [1.165, 1.54) is 0 Å².